The van der Waals surface area contributed by atoms with Crippen LogP contribution < -0.4 is 5.32 Å². The zero-order valence-electron chi connectivity index (χ0n) is 14.1. The zero-order chi connectivity index (χ0) is 16.4. The van der Waals surface area contributed by atoms with Gasteiger partial charge in [-0.15, -0.1) is 0 Å². The lowest BCUT2D eigenvalue weighted by atomic mass is 9.85. The number of phenols is 1. The number of hydrogen-bond acceptors (Lipinski definition) is 4. The van der Waals surface area contributed by atoms with Crippen molar-refractivity contribution >= 4 is 10.8 Å². The van der Waals surface area contributed by atoms with Gasteiger partial charge >= 0.3 is 0 Å². The lowest BCUT2D eigenvalue weighted by Gasteiger charge is -2.41. The summed E-state index contributed by atoms with van der Waals surface area (Å²) in [5, 5.41) is 15.5. The predicted octanol–water partition coefficient (Wildman–Crippen LogP) is 2.92. The van der Waals surface area contributed by atoms with Crippen LogP contribution in [0.25, 0.3) is 10.8 Å². The first-order chi connectivity index (χ1) is 11.8. The monoisotopic (exact) mass is 326 g/mol. The molecule has 0 bridgehead atoms. The van der Waals surface area contributed by atoms with Gasteiger partial charge in [-0.25, -0.2) is 0 Å². The Kier molecular flexibility index (Phi) is 4.69. The molecule has 4 nitrogen and oxygen atoms in total. The fraction of sp³-hybridized carbons (Fsp3) is 0.500. The molecule has 0 aliphatic carbocycles. The van der Waals surface area contributed by atoms with Crippen LogP contribution in [0.15, 0.2) is 36.4 Å². The van der Waals surface area contributed by atoms with Gasteiger partial charge in [0.05, 0.1) is 0 Å². The second-order valence-electron chi connectivity index (χ2n) is 6.97. The molecule has 0 amide bonds. The van der Waals surface area contributed by atoms with Gasteiger partial charge in [-0.3, -0.25) is 4.90 Å². The van der Waals surface area contributed by atoms with E-state index in [1.54, 1.807) is 6.07 Å². The van der Waals surface area contributed by atoms with Gasteiger partial charge in [0.25, 0.3) is 0 Å². The Hall–Kier alpha value is -1.62. The smallest absolute Gasteiger partial charge is 0.116 e. The van der Waals surface area contributed by atoms with Crippen LogP contribution in [0.3, 0.4) is 0 Å². The van der Waals surface area contributed by atoms with E-state index in [1.165, 1.54) is 10.9 Å². The van der Waals surface area contributed by atoms with Gasteiger partial charge in [-0.1, -0.05) is 18.2 Å². The molecule has 2 N–H and O–H groups in total. The van der Waals surface area contributed by atoms with Crippen molar-refractivity contribution in [3.63, 3.8) is 0 Å². The molecule has 1 atom stereocenters. The third-order valence-corrected chi connectivity index (χ3v) is 5.45. The Bertz CT molecular complexity index is 673. The molecule has 24 heavy (non-hydrogen) atoms. The van der Waals surface area contributed by atoms with Crippen LogP contribution in [-0.4, -0.2) is 49.4 Å². The lowest BCUT2D eigenvalue weighted by molar-refractivity contribution is 0.0213. The van der Waals surface area contributed by atoms with Crippen molar-refractivity contribution < 1.29 is 9.84 Å². The maximum Gasteiger partial charge on any atom is 0.116 e. The van der Waals surface area contributed by atoms with E-state index in [9.17, 15) is 5.11 Å². The first-order valence-electron chi connectivity index (χ1n) is 9.06. The van der Waals surface area contributed by atoms with E-state index in [2.05, 4.69) is 28.4 Å². The molecule has 0 saturated carbocycles. The molecule has 2 aromatic carbocycles. The summed E-state index contributed by atoms with van der Waals surface area (Å²) < 4.78 is 5.60. The van der Waals surface area contributed by atoms with Crippen molar-refractivity contribution in [3.05, 3.63) is 42.0 Å². The molecule has 2 aliphatic rings. The number of hydrogen-bond donors (Lipinski definition) is 2. The Morgan fingerprint density at radius 3 is 2.50 bits per heavy atom. The first-order valence-corrected chi connectivity index (χ1v) is 9.06. The van der Waals surface area contributed by atoms with Crippen molar-refractivity contribution in [2.45, 2.75) is 18.9 Å². The molecule has 0 spiro atoms. The van der Waals surface area contributed by atoms with E-state index < -0.39 is 0 Å². The molecular weight excluding hydrogens is 300 g/mol. The minimum atomic E-state index is 0.332. The fourth-order valence-electron chi connectivity index (χ4n) is 4.21. The van der Waals surface area contributed by atoms with Gasteiger partial charge < -0.3 is 15.2 Å². The molecule has 0 aromatic heterocycles. The molecule has 0 radical (unpaired) electrons. The van der Waals surface area contributed by atoms with Crippen molar-refractivity contribution in [2.75, 3.05) is 39.4 Å². The standard InChI is InChI=1S/C20H26N2O2/c23-19-4-3-16-13-18(2-1-17(16)14-19)20(15-5-11-24-12-6-15)22-9-7-21-8-10-22/h1-4,13-15,20-21,23H,5-12H2/t20-/m0/s1. The molecule has 4 heteroatoms. The highest BCUT2D eigenvalue weighted by Crippen LogP contribution is 2.36. The molecule has 0 unspecified atom stereocenters. The maximum atomic E-state index is 9.69. The quantitative estimate of drug-likeness (QED) is 0.910. The predicted molar refractivity (Wildman–Crippen MR) is 96.3 cm³/mol. The summed E-state index contributed by atoms with van der Waals surface area (Å²) in [6.45, 7) is 6.12. The topological polar surface area (TPSA) is 44.7 Å². The van der Waals surface area contributed by atoms with Crippen LogP contribution in [0, 0.1) is 5.92 Å². The Morgan fingerprint density at radius 2 is 1.71 bits per heavy atom. The number of ether oxygens (including phenoxy) is 1. The van der Waals surface area contributed by atoms with Crippen LogP contribution in [0.1, 0.15) is 24.4 Å². The number of fused-ring (bicyclic) bond motifs is 1. The summed E-state index contributed by atoms with van der Waals surface area (Å²) in [6.07, 6.45) is 2.28. The van der Waals surface area contributed by atoms with Crippen molar-refractivity contribution in [3.8, 4) is 5.75 Å². The molecule has 2 aromatic rings. The summed E-state index contributed by atoms with van der Waals surface area (Å²) >= 11 is 0. The number of piperazine rings is 1. The van der Waals surface area contributed by atoms with Gasteiger partial charge in [0.2, 0.25) is 0 Å². The Morgan fingerprint density at radius 1 is 1.00 bits per heavy atom. The average molecular weight is 326 g/mol. The molecule has 2 aliphatic heterocycles. The minimum absolute atomic E-state index is 0.332. The average Bonchev–Trinajstić information content (AvgIpc) is 2.64. The number of phenolic OH excluding ortho intramolecular Hbond substituents is 1. The highest BCUT2D eigenvalue weighted by atomic mass is 16.5. The SMILES string of the molecule is Oc1ccc2cc([C@H](C3CCOCC3)N3CCNCC3)ccc2c1. The lowest BCUT2D eigenvalue weighted by Crippen LogP contribution is -2.47. The molecular formula is C20H26N2O2. The second kappa shape index (κ2) is 7.09. The number of benzene rings is 2. The van der Waals surface area contributed by atoms with E-state index in [0.717, 1.165) is 57.6 Å². The molecule has 2 saturated heterocycles. The fourth-order valence-corrected chi connectivity index (χ4v) is 4.21. The molecule has 4 rings (SSSR count). The summed E-state index contributed by atoms with van der Waals surface area (Å²) in [7, 11) is 0. The normalized spacial score (nSPS) is 21.8. The third-order valence-electron chi connectivity index (χ3n) is 5.45. The van der Waals surface area contributed by atoms with Crippen LogP contribution in [0.2, 0.25) is 0 Å². The minimum Gasteiger partial charge on any atom is -0.508 e. The highest BCUT2D eigenvalue weighted by molar-refractivity contribution is 5.84. The van der Waals surface area contributed by atoms with Crippen LogP contribution in [0.4, 0.5) is 0 Å². The van der Waals surface area contributed by atoms with Gasteiger partial charge in [-0.05, 0) is 53.3 Å². The molecule has 128 valence electrons. The van der Waals surface area contributed by atoms with E-state index >= 15 is 0 Å². The van der Waals surface area contributed by atoms with Gasteiger partial charge in [0.1, 0.15) is 5.75 Å². The molecule has 2 fully saturated rings. The van der Waals surface area contributed by atoms with Gasteiger partial charge in [0.15, 0.2) is 0 Å². The summed E-state index contributed by atoms with van der Waals surface area (Å²) in [5.74, 6) is 0.991. The highest BCUT2D eigenvalue weighted by Gasteiger charge is 2.31. The summed E-state index contributed by atoms with van der Waals surface area (Å²) in [6, 6.07) is 12.8. The zero-order valence-corrected chi connectivity index (χ0v) is 14.1. The number of nitrogens with one attached hydrogen (secondary N) is 1. The largest absolute Gasteiger partial charge is 0.508 e. The van der Waals surface area contributed by atoms with Crippen LogP contribution in [0.5, 0.6) is 5.75 Å². The third kappa shape index (κ3) is 3.27. The molecule has 2 heterocycles. The Labute approximate surface area is 143 Å². The van der Waals surface area contributed by atoms with E-state index in [-0.39, 0.29) is 0 Å². The van der Waals surface area contributed by atoms with Crippen molar-refractivity contribution in [1.82, 2.24) is 10.2 Å². The van der Waals surface area contributed by atoms with Gasteiger partial charge in [-0.2, -0.15) is 0 Å². The number of nitrogens with zero attached hydrogens (tertiary/aromatic N) is 1. The van der Waals surface area contributed by atoms with E-state index in [0.29, 0.717) is 17.7 Å². The second-order valence-corrected chi connectivity index (χ2v) is 6.97. The number of rotatable bonds is 3. The van der Waals surface area contributed by atoms with Gasteiger partial charge in [0, 0.05) is 45.4 Å². The first kappa shape index (κ1) is 15.9. The van der Waals surface area contributed by atoms with Crippen LogP contribution >= 0.6 is 0 Å². The van der Waals surface area contributed by atoms with Crippen molar-refractivity contribution in [2.24, 2.45) is 5.92 Å². The van der Waals surface area contributed by atoms with Crippen LogP contribution in [-0.2, 0) is 4.74 Å². The summed E-state index contributed by atoms with van der Waals surface area (Å²) in [4.78, 5) is 2.65. The number of aromatic hydroxyl groups is 1. The maximum absolute atomic E-state index is 9.69. The van der Waals surface area contributed by atoms with E-state index in [4.69, 9.17) is 4.74 Å². The van der Waals surface area contributed by atoms with Crippen molar-refractivity contribution in [1.29, 1.82) is 0 Å². The van der Waals surface area contributed by atoms with E-state index in [1.807, 2.05) is 12.1 Å². The Balaban J connectivity index is 1.69. The summed E-state index contributed by atoms with van der Waals surface area (Å²) in [5.41, 5.74) is 1.40.